The van der Waals surface area contributed by atoms with E-state index in [9.17, 15) is 9.59 Å². The number of aromatic nitrogens is 2. The Balaban J connectivity index is 1.62. The van der Waals surface area contributed by atoms with Crippen LogP contribution in [-0.2, 0) is 16.1 Å². The number of ether oxygens (including phenoxy) is 1. The van der Waals surface area contributed by atoms with Gasteiger partial charge in [-0.1, -0.05) is 23.7 Å². The van der Waals surface area contributed by atoms with Crippen LogP contribution in [0.4, 0.5) is 5.69 Å². The largest absolute Gasteiger partial charge is 0.465 e. The van der Waals surface area contributed by atoms with E-state index in [2.05, 4.69) is 15.2 Å². The lowest BCUT2D eigenvalue weighted by Gasteiger charge is -2.07. The summed E-state index contributed by atoms with van der Waals surface area (Å²) >= 11 is 6.10. The molecule has 3 rings (SSSR count). The Morgan fingerprint density at radius 3 is 2.60 bits per heavy atom. The Kier molecular flexibility index (Phi) is 5.00. The number of nitrogens with one attached hydrogen (secondary N) is 1. The summed E-state index contributed by atoms with van der Waals surface area (Å²) in [7, 11) is 1.32. The molecule has 1 aromatic heterocycles. The number of carbonyl (C=O) groups is 2. The third-order valence-corrected chi connectivity index (χ3v) is 4.03. The lowest BCUT2D eigenvalue weighted by Crippen LogP contribution is -2.15. The first-order chi connectivity index (χ1) is 12.1. The van der Waals surface area contributed by atoms with Crippen LogP contribution >= 0.6 is 11.6 Å². The molecule has 0 saturated carbocycles. The summed E-state index contributed by atoms with van der Waals surface area (Å²) in [5.41, 5.74) is 1.93. The van der Waals surface area contributed by atoms with Crippen molar-refractivity contribution in [2.24, 2.45) is 0 Å². The number of methoxy groups -OCH3 is 1. The number of aryl methyl sites for hydroxylation is 1. The average molecular weight is 358 g/mol. The van der Waals surface area contributed by atoms with Crippen molar-refractivity contribution in [3.63, 3.8) is 0 Å². The third kappa shape index (κ3) is 3.80. The number of halogens is 1. The summed E-state index contributed by atoms with van der Waals surface area (Å²) in [6, 6.07) is 14.1. The molecule has 1 N–H and O–H groups in total. The Labute approximate surface area is 149 Å². The minimum absolute atomic E-state index is 0.151. The van der Waals surface area contributed by atoms with Gasteiger partial charge in [-0.15, -0.1) is 0 Å². The van der Waals surface area contributed by atoms with Crippen molar-refractivity contribution in [1.82, 2.24) is 9.78 Å². The molecule has 0 fully saturated rings. The van der Waals surface area contributed by atoms with Gasteiger partial charge in [0.25, 0.3) is 0 Å². The summed E-state index contributed by atoms with van der Waals surface area (Å²) in [6.45, 7) is 0.416. The van der Waals surface area contributed by atoms with Gasteiger partial charge in [0.1, 0.15) is 0 Å². The number of hydrogen-bond donors (Lipinski definition) is 1. The molecule has 0 aliphatic carbocycles. The summed E-state index contributed by atoms with van der Waals surface area (Å²) in [6.07, 6.45) is 0.251. The van der Waals surface area contributed by atoms with Gasteiger partial charge < -0.3 is 10.1 Å². The number of esters is 1. The van der Waals surface area contributed by atoms with Gasteiger partial charge in [-0.3, -0.25) is 9.48 Å². The van der Waals surface area contributed by atoms with E-state index in [1.807, 2.05) is 24.3 Å². The highest BCUT2D eigenvalue weighted by atomic mass is 35.5. The van der Waals surface area contributed by atoms with E-state index in [0.29, 0.717) is 22.9 Å². The molecule has 0 radical (unpaired) electrons. The maximum atomic E-state index is 12.1. The number of anilines is 1. The number of carbonyl (C=O) groups excluding carboxylic acids is 2. The van der Waals surface area contributed by atoms with Gasteiger partial charge in [0.2, 0.25) is 5.91 Å². The van der Waals surface area contributed by atoms with E-state index in [1.165, 1.54) is 7.11 Å². The van der Waals surface area contributed by atoms with Crippen LogP contribution in [0.2, 0.25) is 5.15 Å². The smallest absolute Gasteiger partial charge is 0.337 e. The molecule has 25 heavy (non-hydrogen) atoms. The molecule has 0 aliphatic heterocycles. The maximum Gasteiger partial charge on any atom is 0.337 e. The van der Waals surface area contributed by atoms with Crippen molar-refractivity contribution in [2.75, 3.05) is 12.4 Å². The second-order valence-electron chi connectivity index (χ2n) is 5.40. The number of amides is 1. The molecule has 7 heteroatoms. The second-order valence-corrected chi connectivity index (χ2v) is 5.76. The molecule has 0 unspecified atom stereocenters. The molecule has 0 bridgehead atoms. The number of fused-ring (bicyclic) bond motifs is 1. The summed E-state index contributed by atoms with van der Waals surface area (Å²) in [5.74, 6) is -0.568. The molecule has 1 amide bonds. The lowest BCUT2D eigenvalue weighted by molar-refractivity contribution is -0.116. The Hall–Kier alpha value is -2.86. The van der Waals surface area contributed by atoms with Crippen LogP contribution < -0.4 is 5.32 Å². The van der Waals surface area contributed by atoms with Crippen molar-refractivity contribution in [1.29, 1.82) is 0 Å². The molecule has 1 heterocycles. The first-order valence-corrected chi connectivity index (χ1v) is 8.05. The van der Waals surface area contributed by atoms with E-state index in [0.717, 1.165) is 10.9 Å². The molecule has 0 spiro atoms. The van der Waals surface area contributed by atoms with Crippen molar-refractivity contribution in [2.45, 2.75) is 13.0 Å². The summed E-state index contributed by atoms with van der Waals surface area (Å²) in [4.78, 5) is 23.5. The van der Waals surface area contributed by atoms with E-state index in [1.54, 1.807) is 28.9 Å². The van der Waals surface area contributed by atoms with Gasteiger partial charge in [0.05, 0.1) is 24.7 Å². The summed E-state index contributed by atoms with van der Waals surface area (Å²) < 4.78 is 6.35. The second kappa shape index (κ2) is 7.36. The number of hydrogen-bond acceptors (Lipinski definition) is 4. The zero-order valence-corrected chi connectivity index (χ0v) is 14.3. The molecule has 6 nitrogen and oxygen atoms in total. The fraction of sp³-hybridized carbons (Fsp3) is 0.167. The van der Waals surface area contributed by atoms with Crippen LogP contribution in [0, 0.1) is 0 Å². The van der Waals surface area contributed by atoms with Crippen LogP contribution in [0.1, 0.15) is 16.8 Å². The first-order valence-electron chi connectivity index (χ1n) is 7.68. The van der Waals surface area contributed by atoms with E-state index in [-0.39, 0.29) is 12.3 Å². The first kappa shape index (κ1) is 17.0. The monoisotopic (exact) mass is 357 g/mol. The Morgan fingerprint density at radius 1 is 1.16 bits per heavy atom. The van der Waals surface area contributed by atoms with Crippen molar-refractivity contribution < 1.29 is 14.3 Å². The number of nitrogens with zero attached hydrogens (tertiary/aromatic N) is 2. The molecule has 0 aliphatic rings. The van der Waals surface area contributed by atoms with E-state index >= 15 is 0 Å². The SMILES string of the molecule is COC(=O)c1ccc(NC(=O)CCn2nc(Cl)c3ccccc32)cc1. The zero-order chi connectivity index (χ0) is 17.8. The van der Waals surface area contributed by atoms with Crippen LogP contribution in [0.5, 0.6) is 0 Å². The molecule has 3 aromatic rings. The van der Waals surface area contributed by atoms with Crippen LogP contribution in [0.25, 0.3) is 10.9 Å². The van der Waals surface area contributed by atoms with Gasteiger partial charge in [0, 0.05) is 17.5 Å². The lowest BCUT2D eigenvalue weighted by atomic mass is 10.2. The fourth-order valence-electron chi connectivity index (χ4n) is 2.50. The van der Waals surface area contributed by atoms with Crippen LogP contribution in [0.3, 0.4) is 0 Å². The highest BCUT2D eigenvalue weighted by Crippen LogP contribution is 2.22. The van der Waals surface area contributed by atoms with Crippen molar-refractivity contribution in [3.8, 4) is 0 Å². The van der Waals surface area contributed by atoms with Crippen LogP contribution in [0.15, 0.2) is 48.5 Å². The molecular weight excluding hydrogens is 342 g/mol. The molecule has 0 atom stereocenters. The highest BCUT2D eigenvalue weighted by Gasteiger charge is 2.10. The quantitative estimate of drug-likeness (QED) is 0.709. The number of benzene rings is 2. The van der Waals surface area contributed by atoms with Crippen molar-refractivity contribution >= 4 is 40.1 Å². The van der Waals surface area contributed by atoms with Crippen LogP contribution in [-0.4, -0.2) is 28.8 Å². The summed E-state index contributed by atoms with van der Waals surface area (Å²) in [5, 5.41) is 8.34. The normalized spacial score (nSPS) is 10.6. The standard InChI is InChI=1S/C18H16ClN3O3/c1-25-18(24)12-6-8-13(9-7-12)20-16(23)10-11-22-15-5-3-2-4-14(15)17(19)21-22/h2-9H,10-11H2,1H3,(H,20,23). The minimum atomic E-state index is -0.416. The van der Waals surface area contributed by atoms with Gasteiger partial charge in [0.15, 0.2) is 5.15 Å². The molecule has 2 aromatic carbocycles. The highest BCUT2D eigenvalue weighted by molar-refractivity contribution is 6.34. The number of para-hydroxylation sites is 1. The Bertz CT molecular complexity index is 919. The maximum absolute atomic E-state index is 12.1. The van der Waals surface area contributed by atoms with Crippen molar-refractivity contribution in [3.05, 3.63) is 59.2 Å². The van der Waals surface area contributed by atoms with E-state index < -0.39 is 5.97 Å². The Morgan fingerprint density at radius 2 is 1.88 bits per heavy atom. The molecule has 0 saturated heterocycles. The average Bonchev–Trinajstić information content (AvgIpc) is 2.96. The predicted molar refractivity (Wildman–Crippen MR) is 95.8 cm³/mol. The van der Waals surface area contributed by atoms with Gasteiger partial charge in [-0.05, 0) is 36.4 Å². The van der Waals surface area contributed by atoms with Gasteiger partial charge >= 0.3 is 5.97 Å². The minimum Gasteiger partial charge on any atom is -0.465 e. The zero-order valence-electron chi connectivity index (χ0n) is 13.5. The number of rotatable bonds is 5. The van der Waals surface area contributed by atoms with E-state index in [4.69, 9.17) is 11.6 Å². The molecule has 128 valence electrons. The topological polar surface area (TPSA) is 73.2 Å². The fourth-order valence-corrected chi connectivity index (χ4v) is 2.75. The predicted octanol–water partition coefficient (Wildman–Crippen LogP) is 3.51. The van der Waals surface area contributed by atoms with Gasteiger partial charge in [-0.25, -0.2) is 4.79 Å². The third-order valence-electron chi connectivity index (χ3n) is 3.75. The molecular formula is C18H16ClN3O3. The van der Waals surface area contributed by atoms with Gasteiger partial charge in [-0.2, -0.15) is 5.10 Å².